The van der Waals surface area contributed by atoms with Gasteiger partial charge in [-0.1, -0.05) is 24.0 Å². The summed E-state index contributed by atoms with van der Waals surface area (Å²) >= 11 is 7.22. The molecule has 0 unspecified atom stereocenters. The van der Waals surface area contributed by atoms with Gasteiger partial charge in [-0.25, -0.2) is 0 Å². The molecule has 3 rings (SSSR count). The Hall–Kier alpha value is 0.0800. The highest BCUT2D eigenvalue weighted by Gasteiger charge is 2.40. The highest BCUT2D eigenvalue weighted by Crippen LogP contribution is 2.32. The quantitative estimate of drug-likeness (QED) is 0.732. The molecular weight excluding hydrogens is 298 g/mol. The Labute approximate surface area is 129 Å². The van der Waals surface area contributed by atoms with Crippen LogP contribution in [-0.2, 0) is 18.9 Å². The minimum Gasteiger partial charge on any atom is -0.357 e. The molecule has 1 spiro atoms. The molecule has 0 aromatic heterocycles. The van der Waals surface area contributed by atoms with Crippen LogP contribution in [0.15, 0.2) is 0 Å². The molecule has 0 saturated carbocycles. The number of hydrogen-bond donors (Lipinski definition) is 0. The van der Waals surface area contributed by atoms with Gasteiger partial charge in [-0.3, -0.25) is 0 Å². The Bertz CT molecular complexity index is 333. The van der Waals surface area contributed by atoms with Gasteiger partial charge in [-0.15, -0.1) is 0 Å². The van der Waals surface area contributed by atoms with E-state index in [2.05, 4.69) is 4.90 Å². The van der Waals surface area contributed by atoms with Crippen molar-refractivity contribution in [2.24, 2.45) is 0 Å². The van der Waals surface area contributed by atoms with Gasteiger partial charge >= 0.3 is 0 Å². The average Bonchev–Trinajstić information content (AvgIpc) is 3.12. The first-order valence-electron chi connectivity index (χ1n) is 7.20. The highest BCUT2D eigenvalue weighted by molar-refractivity contribution is 8.22. The molecule has 0 N–H and O–H groups in total. The molecule has 3 aliphatic heterocycles. The Morgan fingerprint density at radius 1 is 1.10 bits per heavy atom. The fourth-order valence-electron chi connectivity index (χ4n) is 2.72. The van der Waals surface area contributed by atoms with E-state index in [1.807, 2.05) is 0 Å². The standard InChI is InChI=1S/C13H21NO4S2/c19-12(20-10-1-11-15-6-7-16-11)14-4-2-13(3-5-14)17-8-9-18-13/h11H,1-10H2. The third-order valence-electron chi connectivity index (χ3n) is 3.87. The molecule has 0 aliphatic carbocycles. The molecule has 0 bridgehead atoms. The first kappa shape index (κ1) is 15.0. The third-order valence-corrected chi connectivity index (χ3v) is 5.42. The summed E-state index contributed by atoms with van der Waals surface area (Å²) in [6, 6.07) is 0. The van der Waals surface area contributed by atoms with Gasteiger partial charge < -0.3 is 23.8 Å². The topological polar surface area (TPSA) is 40.2 Å². The molecule has 3 fully saturated rings. The van der Waals surface area contributed by atoms with Crippen LogP contribution in [0, 0.1) is 0 Å². The van der Waals surface area contributed by atoms with Gasteiger partial charge in [-0.2, -0.15) is 0 Å². The summed E-state index contributed by atoms with van der Waals surface area (Å²) in [6.07, 6.45) is 2.68. The van der Waals surface area contributed by atoms with E-state index < -0.39 is 0 Å². The molecule has 0 atom stereocenters. The van der Waals surface area contributed by atoms with Crippen molar-refractivity contribution in [2.75, 3.05) is 45.3 Å². The van der Waals surface area contributed by atoms with Crippen molar-refractivity contribution < 1.29 is 18.9 Å². The Balaban J connectivity index is 1.35. The zero-order valence-electron chi connectivity index (χ0n) is 11.5. The zero-order valence-corrected chi connectivity index (χ0v) is 13.2. The maximum absolute atomic E-state index is 5.73. The van der Waals surface area contributed by atoms with E-state index in [-0.39, 0.29) is 12.1 Å². The first-order valence-corrected chi connectivity index (χ1v) is 8.60. The van der Waals surface area contributed by atoms with Gasteiger partial charge in [0.05, 0.1) is 26.4 Å². The van der Waals surface area contributed by atoms with E-state index in [1.54, 1.807) is 11.8 Å². The SMILES string of the molecule is S=C(SCCC1OCCO1)N1CCC2(CC1)OCCO2. The highest BCUT2D eigenvalue weighted by atomic mass is 32.2. The lowest BCUT2D eigenvalue weighted by molar-refractivity contribution is -0.180. The molecule has 0 amide bonds. The van der Waals surface area contributed by atoms with Gasteiger partial charge in [0.1, 0.15) is 4.32 Å². The molecule has 3 heterocycles. The summed E-state index contributed by atoms with van der Waals surface area (Å²) in [5.41, 5.74) is 0. The molecular formula is C13H21NO4S2. The second kappa shape index (κ2) is 6.89. The van der Waals surface area contributed by atoms with Crippen molar-refractivity contribution >= 4 is 28.3 Å². The van der Waals surface area contributed by atoms with Crippen molar-refractivity contribution in [1.29, 1.82) is 0 Å². The van der Waals surface area contributed by atoms with Crippen LogP contribution in [0.25, 0.3) is 0 Å². The van der Waals surface area contributed by atoms with E-state index in [0.29, 0.717) is 13.2 Å². The summed E-state index contributed by atoms with van der Waals surface area (Å²) in [5, 5.41) is 0. The summed E-state index contributed by atoms with van der Waals surface area (Å²) in [4.78, 5) is 2.26. The van der Waals surface area contributed by atoms with E-state index in [4.69, 9.17) is 31.2 Å². The molecule has 20 heavy (non-hydrogen) atoms. The summed E-state index contributed by atoms with van der Waals surface area (Å²) < 4.78 is 23.3. The number of likely N-dealkylation sites (tertiary alicyclic amines) is 1. The Morgan fingerprint density at radius 3 is 2.40 bits per heavy atom. The summed E-state index contributed by atoms with van der Waals surface area (Å²) in [6.45, 7) is 4.72. The number of hydrogen-bond acceptors (Lipinski definition) is 6. The lowest BCUT2D eigenvalue weighted by Gasteiger charge is -2.38. The predicted octanol–water partition coefficient (Wildman–Crippen LogP) is 1.61. The molecule has 3 saturated heterocycles. The number of nitrogens with zero attached hydrogens (tertiary/aromatic N) is 1. The van der Waals surface area contributed by atoms with Gasteiger partial charge in [0.15, 0.2) is 12.1 Å². The van der Waals surface area contributed by atoms with Crippen LogP contribution in [0.4, 0.5) is 0 Å². The molecule has 5 nitrogen and oxygen atoms in total. The molecule has 0 radical (unpaired) electrons. The molecule has 7 heteroatoms. The van der Waals surface area contributed by atoms with Crippen molar-refractivity contribution in [2.45, 2.75) is 31.3 Å². The third kappa shape index (κ3) is 3.64. The molecule has 0 aromatic rings. The average molecular weight is 319 g/mol. The van der Waals surface area contributed by atoms with Gasteiger partial charge in [0.25, 0.3) is 0 Å². The normalized spacial score (nSPS) is 26.5. The van der Waals surface area contributed by atoms with Crippen LogP contribution in [0.1, 0.15) is 19.3 Å². The fraction of sp³-hybridized carbons (Fsp3) is 0.923. The van der Waals surface area contributed by atoms with Crippen LogP contribution < -0.4 is 0 Å². The van der Waals surface area contributed by atoms with Crippen molar-refractivity contribution in [3.05, 3.63) is 0 Å². The van der Waals surface area contributed by atoms with E-state index >= 15 is 0 Å². The minimum atomic E-state index is -0.317. The maximum atomic E-state index is 5.73. The number of ether oxygens (including phenoxy) is 4. The number of thioether (sulfide) groups is 1. The summed E-state index contributed by atoms with van der Waals surface area (Å²) in [7, 11) is 0. The summed E-state index contributed by atoms with van der Waals surface area (Å²) in [5.74, 6) is 0.625. The van der Waals surface area contributed by atoms with Crippen LogP contribution in [0.5, 0.6) is 0 Å². The van der Waals surface area contributed by atoms with E-state index in [1.165, 1.54) is 0 Å². The second-order valence-corrected chi connectivity index (χ2v) is 6.90. The lowest BCUT2D eigenvalue weighted by Crippen LogP contribution is -2.46. The molecule has 3 aliphatic rings. The minimum absolute atomic E-state index is 0.0322. The monoisotopic (exact) mass is 319 g/mol. The van der Waals surface area contributed by atoms with Crippen molar-refractivity contribution in [3.8, 4) is 0 Å². The smallest absolute Gasteiger partial charge is 0.171 e. The van der Waals surface area contributed by atoms with Gasteiger partial charge in [0.2, 0.25) is 0 Å². The van der Waals surface area contributed by atoms with Crippen LogP contribution in [0.3, 0.4) is 0 Å². The van der Waals surface area contributed by atoms with Crippen LogP contribution in [0.2, 0.25) is 0 Å². The second-order valence-electron chi connectivity index (χ2n) is 5.17. The maximum Gasteiger partial charge on any atom is 0.171 e. The Morgan fingerprint density at radius 2 is 1.75 bits per heavy atom. The molecule has 0 aromatic carbocycles. The molecule has 114 valence electrons. The largest absolute Gasteiger partial charge is 0.357 e. The van der Waals surface area contributed by atoms with Crippen LogP contribution >= 0.6 is 24.0 Å². The number of thiocarbonyl (C=S) groups is 1. The van der Waals surface area contributed by atoms with E-state index in [0.717, 1.165) is 55.6 Å². The first-order chi connectivity index (χ1) is 9.77. The number of piperidine rings is 1. The van der Waals surface area contributed by atoms with Gasteiger partial charge in [0, 0.05) is 38.1 Å². The van der Waals surface area contributed by atoms with Gasteiger partial charge in [-0.05, 0) is 0 Å². The fourth-order valence-corrected chi connectivity index (χ4v) is 4.01. The predicted molar refractivity (Wildman–Crippen MR) is 80.8 cm³/mol. The Kier molecular flexibility index (Phi) is 5.17. The van der Waals surface area contributed by atoms with Crippen LogP contribution in [-0.4, -0.2) is 66.6 Å². The van der Waals surface area contributed by atoms with Crippen molar-refractivity contribution in [3.63, 3.8) is 0 Å². The zero-order chi connectivity index (χ0) is 13.8. The lowest BCUT2D eigenvalue weighted by atomic mass is 10.0. The van der Waals surface area contributed by atoms with Crippen molar-refractivity contribution in [1.82, 2.24) is 4.90 Å². The number of rotatable bonds is 3. The van der Waals surface area contributed by atoms with E-state index in [9.17, 15) is 0 Å².